The van der Waals surface area contributed by atoms with Crippen LogP contribution in [0.2, 0.25) is 5.04 Å². The van der Waals surface area contributed by atoms with Crippen LogP contribution in [0.1, 0.15) is 54.6 Å². The van der Waals surface area contributed by atoms with Crippen LogP contribution in [-0.4, -0.2) is 70.6 Å². The lowest BCUT2D eigenvalue weighted by atomic mass is 9.97. The number of amides is 3. The van der Waals surface area contributed by atoms with E-state index < -0.39 is 25.5 Å². The van der Waals surface area contributed by atoms with Crippen LogP contribution < -0.4 is 21.0 Å². The molecule has 0 saturated carbocycles. The number of benzene rings is 3. The fraction of sp³-hybridized carbons (Fsp3) is 0.283. The van der Waals surface area contributed by atoms with Gasteiger partial charge in [-0.05, 0) is 87.6 Å². The molecule has 3 amide bonds. The van der Waals surface area contributed by atoms with Crippen LogP contribution in [0.4, 0.5) is 4.79 Å². The summed E-state index contributed by atoms with van der Waals surface area (Å²) in [6.45, 7) is 8.42. The highest BCUT2D eigenvalue weighted by Crippen LogP contribution is 2.43. The minimum absolute atomic E-state index is 0.253. The van der Waals surface area contributed by atoms with E-state index in [9.17, 15) is 19.6 Å². The average Bonchev–Trinajstić information content (AvgIpc) is 3.86. The van der Waals surface area contributed by atoms with Gasteiger partial charge < -0.3 is 19.2 Å². The third kappa shape index (κ3) is 6.78. The molecule has 3 aliphatic rings. The molecular formula is C46H44ClN7O4Si. The first kappa shape index (κ1) is 38.7. The van der Waals surface area contributed by atoms with Gasteiger partial charge in [-0.25, -0.2) is 4.98 Å². The predicted octanol–water partition coefficient (Wildman–Crippen LogP) is 6.00. The van der Waals surface area contributed by atoms with Gasteiger partial charge in [-0.2, -0.15) is 5.26 Å². The molecule has 6 heterocycles. The number of imidazole rings is 1. The maximum atomic E-state index is 13.7. The monoisotopic (exact) mass is 821 g/mol. The zero-order chi connectivity index (χ0) is 40.9. The van der Waals surface area contributed by atoms with E-state index >= 15 is 0 Å². The van der Waals surface area contributed by atoms with Crippen LogP contribution in [0.5, 0.6) is 0 Å². The molecule has 1 saturated heterocycles. The number of imide groups is 1. The number of carbonyl (C=O) groups is 3. The molecule has 3 aliphatic heterocycles. The van der Waals surface area contributed by atoms with Gasteiger partial charge in [0.25, 0.3) is 20.1 Å². The third-order valence-corrected chi connectivity index (χ3v) is 17.6. The maximum absolute atomic E-state index is 13.7. The Kier molecular flexibility index (Phi) is 10.1. The second kappa shape index (κ2) is 15.4. The second-order valence-electron chi connectivity index (χ2n) is 16.5. The minimum atomic E-state index is -3.02. The van der Waals surface area contributed by atoms with Crippen LogP contribution in [0.25, 0.3) is 27.7 Å². The number of rotatable bonds is 10. The number of piperidine rings is 1. The van der Waals surface area contributed by atoms with Crippen molar-refractivity contribution >= 4 is 75.2 Å². The smallest absolute Gasteiger partial charge is 0.316 e. The zero-order valence-electron chi connectivity index (χ0n) is 33.0. The highest BCUT2D eigenvalue weighted by molar-refractivity contribution is 6.99. The van der Waals surface area contributed by atoms with Gasteiger partial charge in [0.15, 0.2) is 0 Å². The summed E-state index contributed by atoms with van der Waals surface area (Å²) in [5, 5.41) is 18.2. The summed E-state index contributed by atoms with van der Waals surface area (Å²) >= 11 is 5.82. The molecule has 9 rings (SSSR count). The summed E-state index contributed by atoms with van der Waals surface area (Å²) < 4.78 is 11.4. The Morgan fingerprint density at radius 1 is 0.966 bits per heavy atom. The lowest BCUT2D eigenvalue weighted by Crippen LogP contribution is -2.68. The molecule has 3 aromatic carbocycles. The number of fused-ring (bicyclic) bond motifs is 1. The Morgan fingerprint density at radius 3 is 2.34 bits per heavy atom. The fourth-order valence-corrected chi connectivity index (χ4v) is 14.7. The van der Waals surface area contributed by atoms with Gasteiger partial charge in [0, 0.05) is 62.7 Å². The van der Waals surface area contributed by atoms with Gasteiger partial charge in [-0.1, -0.05) is 74.5 Å². The Hall–Kier alpha value is -5.84. The van der Waals surface area contributed by atoms with Crippen LogP contribution in [0.15, 0.2) is 104 Å². The van der Waals surface area contributed by atoms with Crippen molar-refractivity contribution in [2.45, 2.75) is 51.2 Å². The van der Waals surface area contributed by atoms with Gasteiger partial charge in [0.1, 0.15) is 5.65 Å². The first-order valence-corrected chi connectivity index (χ1v) is 22.4. The predicted molar refractivity (Wildman–Crippen MR) is 231 cm³/mol. The van der Waals surface area contributed by atoms with Crippen molar-refractivity contribution in [3.05, 3.63) is 131 Å². The van der Waals surface area contributed by atoms with Gasteiger partial charge in [-0.15, -0.1) is 0 Å². The number of carbonyl (C=O) groups excluding carboxylic acids is 3. The number of halogens is 1. The molecule has 0 spiro atoms. The van der Waals surface area contributed by atoms with Gasteiger partial charge in [0.2, 0.25) is 0 Å². The van der Waals surface area contributed by atoms with E-state index in [2.05, 4.69) is 95.8 Å². The van der Waals surface area contributed by atoms with Gasteiger partial charge in [-0.3, -0.25) is 24.1 Å². The highest BCUT2D eigenvalue weighted by atomic mass is 35.5. The number of likely N-dealkylation sites (tertiary alicyclic amines) is 1. The molecule has 59 heavy (non-hydrogen) atoms. The van der Waals surface area contributed by atoms with Gasteiger partial charge in [0.05, 0.1) is 40.2 Å². The molecule has 2 N–H and O–H groups in total. The number of nitriles is 1. The number of nitrogens with zero attached hydrogens (tertiary/aromatic N) is 5. The van der Waals surface area contributed by atoms with E-state index in [1.54, 1.807) is 11.1 Å². The SMILES string of the molecule is CC(C)(Cc1ccn2c(C3=C(c4cn5c6c(cc(C#N)cc46)CNCC5)C(=O)NC3=O)cnc2c1)[Si](OCC1CCN(C(=O)Cl)CC1)(c1ccccc1)c1ccccc1. The number of hydrogen-bond donors (Lipinski definition) is 2. The van der Waals surface area contributed by atoms with Crippen molar-refractivity contribution < 1.29 is 18.8 Å². The first-order valence-electron chi connectivity index (χ1n) is 20.1. The topological polar surface area (TPSA) is 134 Å². The van der Waals surface area contributed by atoms with Crippen molar-refractivity contribution in [2.75, 3.05) is 26.2 Å². The summed E-state index contributed by atoms with van der Waals surface area (Å²) in [7, 11) is -3.02. The summed E-state index contributed by atoms with van der Waals surface area (Å²) in [5.74, 6) is -0.670. The van der Waals surface area contributed by atoms with Crippen LogP contribution >= 0.6 is 11.6 Å². The molecule has 0 aliphatic carbocycles. The molecular weight excluding hydrogens is 778 g/mol. The van der Waals surface area contributed by atoms with E-state index in [0.717, 1.165) is 41.4 Å². The molecule has 0 bridgehead atoms. The van der Waals surface area contributed by atoms with E-state index in [0.29, 0.717) is 61.7 Å². The lowest BCUT2D eigenvalue weighted by Gasteiger charge is -2.46. The molecule has 13 heteroatoms. The summed E-state index contributed by atoms with van der Waals surface area (Å²) in [4.78, 5) is 45.8. The molecule has 298 valence electrons. The minimum Gasteiger partial charge on any atom is -0.407 e. The Morgan fingerprint density at radius 2 is 1.66 bits per heavy atom. The largest absolute Gasteiger partial charge is 0.407 e. The van der Waals surface area contributed by atoms with E-state index in [1.165, 1.54) is 10.4 Å². The quantitative estimate of drug-likeness (QED) is 0.0750. The first-order chi connectivity index (χ1) is 28.6. The molecule has 0 radical (unpaired) electrons. The summed E-state index contributed by atoms with van der Waals surface area (Å²) in [6, 6.07) is 31.3. The zero-order valence-corrected chi connectivity index (χ0v) is 34.8. The maximum Gasteiger partial charge on any atom is 0.316 e. The number of pyridine rings is 1. The Bertz CT molecular complexity index is 2670. The van der Waals surface area contributed by atoms with Crippen LogP contribution in [0, 0.1) is 17.2 Å². The standard InChI is InChI=1S/C46H44ClN7O4Si/c1-46(2,59(34-9-5-3-6-10-34,35-11-7-4-8-12-35)58-29-30-13-17-52(18-14-30)45(47)57)24-31-15-19-54-38(27-50-39(54)23-31)41-40(43(55)51-44(41)56)37-28-53-20-16-49-26-33-21-32(25-48)22-36(37)42(33)53/h3-12,15,19,21-23,27-28,30,49H,13-14,16-18,20,24,26,29H2,1-2H3,(H,51,55,56). The van der Waals surface area contributed by atoms with Crippen molar-refractivity contribution in [3.8, 4) is 6.07 Å². The van der Waals surface area contributed by atoms with Gasteiger partial charge >= 0.3 is 5.37 Å². The molecule has 6 aromatic rings. The molecule has 0 unspecified atom stereocenters. The third-order valence-electron chi connectivity index (χ3n) is 12.4. The Labute approximate surface area is 348 Å². The normalized spacial score (nSPS) is 16.5. The van der Waals surface area contributed by atoms with Crippen molar-refractivity contribution in [1.29, 1.82) is 5.26 Å². The number of nitrogens with one attached hydrogen (secondary N) is 2. The summed E-state index contributed by atoms with van der Waals surface area (Å²) in [6.07, 6.45) is 7.86. The highest BCUT2D eigenvalue weighted by Gasteiger charge is 2.53. The molecule has 1 fully saturated rings. The van der Waals surface area contributed by atoms with E-state index in [-0.39, 0.29) is 22.1 Å². The van der Waals surface area contributed by atoms with Crippen molar-refractivity contribution in [2.24, 2.45) is 5.92 Å². The van der Waals surface area contributed by atoms with E-state index in [4.69, 9.17) is 21.0 Å². The second-order valence-corrected chi connectivity index (χ2v) is 20.9. The fourth-order valence-electron chi connectivity index (χ4n) is 9.61. The van der Waals surface area contributed by atoms with Crippen molar-refractivity contribution in [1.82, 2.24) is 29.5 Å². The van der Waals surface area contributed by atoms with E-state index in [1.807, 2.05) is 41.1 Å². The van der Waals surface area contributed by atoms with Crippen LogP contribution in [0.3, 0.4) is 0 Å². The molecule has 0 atom stereocenters. The Balaban J connectivity index is 1.10. The average molecular weight is 822 g/mol. The number of hydrogen-bond acceptors (Lipinski definition) is 7. The van der Waals surface area contributed by atoms with Crippen LogP contribution in [-0.2, 0) is 33.5 Å². The molecule has 3 aromatic heterocycles. The molecule has 11 nitrogen and oxygen atoms in total. The van der Waals surface area contributed by atoms with Crippen molar-refractivity contribution in [3.63, 3.8) is 0 Å². The lowest BCUT2D eigenvalue weighted by molar-refractivity contribution is -0.122. The number of aromatic nitrogens is 3. The summed E-state index contributed by atoms with van der Waals surface area (Å²) in [5.41, 5.74) is 5.79.